The number of hydrogen-bond donors (Lipinski definition) is 1. The maximum atomic E-state index is 5.84. The number of nitrogens with zero attached hydrogens (tertiary/aromatic N) is 1. The number of para-hydroxylation sites is 1. The van der Waals surface area contributed by atoms with E-state index in [2.05, 4.69) is 24.9 Å². The summed E-state index contributed by atoms with van der Waals surface area (Å²) in [4.78, 5) is 2.21. The normalized spacial score (nSPS) is 11.5. The minimum atomic E-state index is 0.532. The van der Waals surface area contributed by atoms with Crippen molar-refractivity contribution in [3.8, 4) is 0 Å². The van der Waals surface area contributed by atoms with Crippen LogP contribution in [0, 0.1) is 0 Å². The molecule has 1 aromatic carbocycles. The van der Waals surface area contributed by atoms with Gasteiger partial charge < -0.3 is 10.2 Å². The molecule has 16 heavy (non-hydrogen) atoms. The van der Waals surface area contributed by atoms with Crippen molar-refractivity contribution < 1.29 is 4.42 Å². The van der Waals surface area contributed by atoms with Gasteiger partial charge >= 0.3 is 0 Å². The predicted molar refractivity (Wildman–Crippen MR) is 66.1 cm³/mol. The molecule has 0 saturated heterocycles. The standard InChI is InChI=1S/C13H18N2O/c1-3-15(2)9-13-11(8-14)10-6-4-5-7-12(10)16-13/h4-7H,3,8-9,14H2,1-2H3. The summed E-state index contributed by atoms with van der Waals surface area (Å²) in [6, 6.07) is 8.06. The van der Waals surface area contributed by atoms with Gasteiger partial charge in [-0.2, -0.15) is 0 Å². The Bertz CT molecular complexity index is 476. The van der Waals surface area contributed by atoms with Crippen LogP contribution in [0.5, 0.6) is 0 Å². The molecule has 0 bridgehead atoms. The molecule has 0 unspecified atom stereocenters. The van der Waals surface area contributed by atoms with E-state index >= 15 is 0 Å². The second kappa shape index (κ2) is 4.68. The lowest BCUT2D eigenvalue weighted by Crippen LogP contribution is -2.17. The predicted octanol–water partition coefficient (Wildman–Crippen LogP) is 2.34. The minimum Gasteiger partial charge on any atom is -0.459 e. The molecular weight excluding hydrogens is 200 g/mol. The summed E-state index contributed by atoms with van der Waals surface area (Å²) >= 11 is 0. The summed E-state index contributed by atoms with van der Waals surface area (Å²) in [5.41, 5.74) is 7.87. The summed E-state index contributed by atoms with van der Waals surface area (Å²) in [5, 5.41) is 1.14. The Labute approximate surface area is 95.8 Å². The molecule has 1 heterocycles. The molecule has 0 radical (unpaired) electrons. The number of rotatable bonds is 4. The van der Waals surface area contributed by atoms with Crippen LogP contribution in [0.25, 0.3) is 11.0 Å². The molecule has 0 aliphatic heterocycles. The van der Waals surface area contributed by atoms with Gasteiger partial charge in [-0.25, -0.2) is 0 Å². The summed E-state index contributed by atoms with van der Waals surface area (Å²) in [6.45, 7) is 4.48. The first-order valence-corrected chi connectivity index (χ1v) is 5.64. The summed E-state index contributed by atoms with van der Waals surface area (Å²) in [7, 11) is 2.08. The van der Waals surface area contributed by atoms with E-state index in [0.29, 0.717) is 6.54 Å². The van der Waals surface area contributed by atoms with Crippen LogP contribution in [-0.2, 0) is 13.1 Å². The van der Waals surface area contributed by atoms with Gasteiger partial charge in [0.25, 0.3) is 0 Å². The molecule has 0 spiro atoms. The van der Waals surface area contributed by atoms with Crippen LogP contribution in [0.1, 0.15) is 18.2 Å². The lowest BCUT2D eigenvalue weighted by Gasteiger charge is -2.12. The molecule has 1 aromatic heterocycles. The molecule has 86 valence electrons. The highest BCUT2D eigenvalue weighted by molar-refractivity contribution is 5.82. The van der Waals surface area contributed by atoms with E-state index in [1.54, 1.807) is 0 Å². The van der Waals surface area contributed by atoms with Gasteiger partial charge in [0.15, 0.2) is 0 Å². The van der Waals surface area contributed by atoms with E-state index in [9.17, 15) is 0 Å². The molecule has 0 fully saturated rings. The zero-order valence-corrected chi connectivity index (χ0v) is 9.86. The Morgan fingerprint density at radius 1 is 1.31 bits per heavy atom. The van der Waals surface area contributed by atoms with Crippen LogP contribution in [0.4, 0.5) is 0 Å². The van der Waals surface area contributed by atoms with Gasteiger partial charge in [-0.1, -0.05) is 25.1 Å². The highest BCUT2D eigenvalue weighted by atomic mass is 16.3. The summed E-state index contributed by atoms with van der Waals surface area (Å²) in [6.07, 6.45) is 0. The molecule has 2 N–H and O–H groups in total. The quantitative estimate of drug-likeness (QED) is 0.856. The average molecular weight is 218 g/mol. The molecule has 3 nitrogen and oxygen atoms in total. The Morgan fingerprint density at radius 3 is 2.75 bits per heavy atom. The molecule has 2 aromatic rings. The lowest BCUT2D eigenvalue weighted by atomic mass is 10.1. The van der Waals surface area contributed by atoms with Crippen LogP contribution in [-0.4, -0.2) is 18.5 Å². The highest BCUT2D eigenvalue weighted by Crippen LogP contribution is 2.26. The molecule has 0 saturated carbocycles. The van der Waals surface area contributed by atoms with Crippen molar-refractivity contribution in [3.05, 3.63) is 35.6 Å². The SMILES string of the molecule is CCN(C)Cc1oc2ccccc2c1CN. The van der Waals surface area contributed by atoms with Crippen molar-refractivity contribution in [1.29, 1.82) is 0 Å². The van der Waals surface area contributed by atoms with Crippen LogP contribution < -0.4 is 5.73 Å². The topological polar surface area (TPSA) is 42.4 Å². The fraction of sp³-hybridized carbons (Fsp3) is 0.385. The second-order valence-corrected chi connectivity index (χ2v) is 4.03. The number of nitrogens with two attached hydrogens (primary N) is 1. The molecule has 0 aliphatic carbocycles. The number of hydrogen-bond acceptors (Lipinski definition) is 3. The van der Waals surface area contributed by atoms with Crippen LogP contribution in [0.2, 0.25) is 0 Å². The number of fused-ring (bicyclic) bond motifs is 1. The van der Waals surface area contributed by atoms with Gasteiger partial charge in [0, 0.05) is 17.5 Å². The first-order valence-electron chi connectivity index (χ1n) is 5.64. The molecule has 3 heteroatoms. The van der Waals surface area contributed by atoms with Gasteiger partial charge in [-0.3, -0.25) is 4.90 Å². The van der Waals surface area contributed by atoms with E-state index in [1.165, 1.54) is 0 Å². The Kier molecular flexibility index (Phi) is 3.27. The number of benzene rings is 1. The zero-order valence-electron chi connectivity index (χ0n) is 9.86. The summed E-state index contributed by atoms with van der Waals surface area (Å²) in [5.74, 6) is 0.994. The van der Waals surface area contributed by atoms with E-state index < -0.39 is 0 Å². The van der Waals surface area contributed by atoms with E-state index in [0.717, 1.165) is 35.4 Å². The first kappa shape index (κ1) is 11.2. The Hall–Kier alpha value is -1.32. The molecule has 0 amide bonds. The second-order valence-electron chi connectivity index (χ2n) is 4.03. The van der Waals surface area contributed by atoms with Gasteiger partial charge in [0.1, 0.15) is 11.3 Å². The maximum absolute atomic E-state index is 5.84. The van der Waals surface area contributed by atoms with Crippen LogP contribution in [0.15, 0.2) is 28.7 Å². The van der Waals surface area contributed by atoms with Crippen LogP contribution in [0.3, 0.4) is 0 Å². The van der Waals surface area contributed by atoms with Crippen molar-refractivity contribution >= 4 is 11.0 Å². The van der Waals surface area contributed by atoms with Crippen molar-refractivity contribution in [2.45, 2.75) is 20.0 Å². The monoisotopic (exact) mass is 218 g/mol. The van der Waals surface area contributed by atoms with Crippen molar-refractivity contribution in [2.75, 3.05) is 13.6 Å². The van der Waals surface area contributed by atoms with Crippen molar-refractivity contribution in [2.24, 2.45) is 5.73 Å². The summed E-state index contributed by atoms with van der Waals surface area (Å²) < 4.78 is 5.84. The molecule has 2 rings (SSSR count). The van der Waals surface area contributed by atoms with Gasteiger partial charge in [0.05, 0.1) is 6.54 Å². The van der Waals surface area contributed by atoms with E-state index in [1.807, 2.05) is 18.2 Å². The third kappa shape index (κ3) is 1.96. The highest BCUT2D eigenvalue weighted by Gasteiger charge is 2.13. The van der Waals surface area contributed by atoms with Crippen molar-refractivity contribution in [3.63, 3.8) is 0 Å². The molecule has 0 atom stereocenters. The van der Waals surface area contributed by atoms with Gasteiger partial charge in [0.2, 0.25) is 0 Å². The van der Waals surface area contributed by atoms with Crippen molar-refractivity contribution in [1.82, 2.24) is 4.90 Å². The van der Waals surface area contributed by atoms with Gasteiger partial charge in [-0.05, 0) is 19.7 Å². The fourth-order valence-electron chi connectivity index (χ4n) is 1.86. The zero-order chi connectivity index (χ0) is 11.5. The van der Waals surface area contributed by atoms with E-state index in [4.69, 9.17) is 10.2 Å². The Balaban J connectivity index is 2.44. The number of furan rings is 1. The van der Waals surface area contributed by atoms with Crippen LogP contribution >= 0.6 is 0 Å². The maximum Gasteiger partial charge on any atom is 0.134 e. The molecule has 0 aliphatic rings. The van der Waals surface area contributed by atoms with Gasteiger partial charge in [-0.15, -0.1) is 0 Å². The fourth-order valence-corrected chi connectivity index (χ4v) is 1.86. The largest absolute Gasteiger partial charge is 0.459 e. The van der Waals surface area contributed by atoms with E-state index in [-0.39, 0.29) is 0 Å². The lowest BCUT2D eigenvalue weighted by molar-refractivity contribution is 0.312. The Morgan fingerprint density at radius 2 is 2.06 bits per heavy atom. The molecular formula is C13H18N2O. The minimum absolute atomic E-state index is 0.532. The third-order valence-corrected chi connectivity index (χ3v) is 2.94. The third-order valence-electron chi connectivity index (χ3n) is 2.94. The first-order chi connectivity index (χ1) is 7.76. The average Bonchev–Trinajstić information content (AvgIpc) is 2.65. The smallest absolute Gasteiger partial charge is 0.134 e.